The van der Waals surface area contributed by atoms with Crippen LogP contribution in [-0.4, -0.2) is 4.98 Å². The number of halogens is 1. The lowest BCUT2D eigenvalue weighted by atomic mass is 10.1. The van der Waals surface area contributed by atoms with Gasteiger partial charge in [-0.15, -0.1) is 0 Å². The highest BCUT2D eigenvalue weighted by Crippen LogP contribution is 2.21. The SMILES string of the molecule is Cc1ccc(/C=C/c2nc3cc(Cl)ccc3o2)c(C)c1. The van der Waals surface area contributed by atoms with Crippen molar-refractivity contribution in [1.29, 1.82) is 0 Å². The van der Waals surface area contributed by atoms with E-state index in [1.807, 2.05) is 18.2 Å². The Balaban J connectivity index is 1.94. The van der Waals surface area contributed by atoms with Crippen LogP contribution in [0, 0.1) is 13.8 Å². The highest BCUT2D eigenvalue weighted by Gasteiger charge is 2.03. The van der Waals surface area contributed by atoms with Crippen molar-refractivity contribution in [2.24, 2.45) is 0 Å². The van der Waals surface area contributed by atoms with Gasteiger partial charge in [0.15, 0.2) is 5.58 Å². The molecule has 100 valence electrons. The lowest BCUT2D eigenvalue weighted by Gasteiger charge is -2.00. The molecule has 0 saturated carbocycles. The van der Waals surface area contributed by atoms with Gasteiger partial charge in [0, 0.05) is 11.1 Å². The summed E-state index contributed by atoms with van der Waals surface area (Å²) in [5.41, 5.74) is 5.18. The highest BCUT2D eigenvalue weighted by molar-refractivity contribution is 6.31. The highest BCUT2D eigenvalue weighted by atomic mass is 35.5. The Kier molecular flexibility index (Phi) is 3.33. The van der Waals surface area contributed by atoms with Crippen LogP contribution < -0.4 is 0 Å². The summed E-state index contributed by atoms with van der Waals surface area (Å²) in [6.45, 7) is 4.18. The first kappa shape index (κ1) is 12.9. The van der Waals surface area contributed by atoms with E-state index in [9.17, 15) is 0 Å². The molecule has 3 rings (SSSR count). The first-order chi connectivity index (χ1) is 9.61. The van der Waals surface area contributed by atoms with Gasteiger partial charge in [0.05, 0.1) is 0 Å². The van der Waals surface area contributed by atoms with E-state index in [-0.39, 0.29) is 0 Å². The van der Waals surface area contributed by atoms with Crippen molar-refractivity contribution in [3.05, 3.63) is 64.0 Å². The summed E-state index contributed by atoms with van der Waals surface area (Å²) in [5.74, 6) is 0.585. The van der Waals surface area contributed by atoms with Gasteiger partial charge in [0.25, 0.3) is 0 Å². The van der Waals surface area contributed by atoms with Gasteiger partial charge in [-0.2, -0.15) is 0 Å². The molecule has 1 aromatic heterocycles. The van der Waals surface area contributed by atoms with Crippen molar-refractivity contribution in [2.45, 2.75) is 13.8 Å². The number of fused-ring (bicyclic) bond motifs is 1. The molecule has 3 aromatic rings. The van der Waals surface area contributed by atoms with Gasteiger partial charge in [0.2, 0.25) is 5.89 Å². The monoisotopic (exact) mass is 283 g/mol. The van der Waals surface area contributed by atoms with E-state index >= 15 is 0 Å². The smallest absolute Gasteiger partial charge is 0.220 e. The summed E-state index contributed by atoms with van der Waals surface area (Å²) >= 11 is 5.94. The van der Waals surface area contributed by atoms with Crippen LogP contribution in [0.1, 0.15) is 22.6 Å². The molecule has 0 saturated heterocycles. The van der Waals surface area contributed by atoms with Gasteiger partial charge < -0.3 is 4.42 Å². The molecular formula is C17H14ClNO. The molecule has 0 aliphatic rings. The first-order valence-corrected chi connectivity index (χ1v) is 6.81. The second kappa shape index (κ2) is 5.14. The summed E-state index contributed by atoms with van der Waals surface area (Å²) < 4.78 is 5.65. The van der Waals surface area contributed by atoms with Gasteiger partial charge in [-0.1, -0.05) is 35.4 Å². The van der Waals surface area contributed by atoms with Gasteiger partial charge in [-0.3, -0.25) is 0 Å². The number of hydrogen-bond acceptors (Lipinski definition) is 2. The van der Waals surface area contributed by atoms with E-state index in [1.54, 1.807) is 12.1 Å². The fourth-order valence-corrected chi connectivity index (χ4v) is 2.33. The van der Waals surface area contributed by atoms with Crippen LogP contribution in [0.3, 0.4) is 0 Å². The van der Waals surface area contributed by atoms with Crippen molar-refractivity contribution in [3.8, 4) is 0 Å². The molecule has 0 aliphatic heterocycles. The summed E-state index contributed by atoms with van der Waals surface area (Å²) in [4.78, 5) is 4.40. The van der Waals surface area contributed by atoms with Gasteiger partial charge in [-0.25, -0.2) is 4.98 Å². The van der Waals surface area contributed by atoms with Crippen LogP contribution >= 0.6 is 11.6 Å². The lowest BCUT2D eigenvalue weighted by molar-refractivity contribution is 0.590. The molecule has 2 nitrogen and oxygen atoms in total. The molecule has 0 aliphatic carbocycles. The van der Waals surface area contributed by atoms with E-state index in [1.165, 1.54) is 11.1 Å². The van der Waals surface area contributed by atoms with Crippen molar-refractivity contribution < 1.29 is 4.42 Å². The molecule has 3 heteroatoms. The van der Waals surface area contributed by atoms with Gasteiger partial charge in [0.1, 0.15) is 5.52 Å². The number of aromatic nitrogens is 1. The molecule has 0 amide bonds. The van der Waals surface area contributed by atoms with Gasteiger partial charge in [-0.05, 0) is 49.2 Å². The minimum atomic E-state index is 0.585. The molecule has 0 radical (unpaired) electrons. The third kappa shape index (κ3) is 2.61. The normalized spacial score (nSPS) is 11.6. The largest absolute Gasteiger partial charge is 0.437 e. The van der Waals surface area contributed by atoms with Crippen LogP contribution in [0.2, 0.25) is 5.02 Å². The van der Waals surface area contributed by atoms with Crippen molar-refractivity contribution >= 4 is 34.9 Å². The van der Waals surface area contributed by atoms with E-state index < -0.39 is 0 Å². The Morgan fingerprint density at radius 3 is 2.70 bits per heavy atom. The summed E-state index contributed by atoms with van der Waals surface area (Å²) in [5, 5.41) is 0.663. The lowest BCUT2D eigenvalue weighted by Crippen LogP contribution is -1.81. The average Bonchev–Trinajstić information content (AvgIpc) is 2.79. The second-order valence-electron chi connectivity index (χ2n) is 4.86. The van der Waals surface area contributed by atoms with Crippen LogP contribution in [0.25, 0.3) is 23.3 Å². The second-order valence-corrected chi connectivity index (χ2v) is 5.29. The number of hydrogen-bond donors (Lipinski definition) is 0. The maximum absolute atomic E-state index is 5.94. The molecule has 2 aromatic carbocycles. The molecule has 0 atom stereocenters. The Bertz CT molecular complexity index is 802. The van der Waals surface area contributed by atoms with Crippen molar-refractivity contribution in [3.63, 3.8) is 0 Å². The predicted molar refractivity (Wildman–Crippen MR) is 83.9 cm³/mol. The quantitative estimate of drug-likeness (QED) is 0.640. The third-order valence-corrected chi connectivity index (χ3v) is 3.43. The van der Waals surface area contributed by atoms with Gasteiger partial charge >= 0.3 is 0 Å². The molecule has 20 heavy (non-hydrogen) atoms. The number of nitrogens with zero attached hydrogens (tertiary/aromatic N) is 1. The number of rotatable bonds is 2. The predicted octanol–water partition coefficient (Wildman–Crippen LogP) is 5.27. The van der Waals surface area contributed by atoms with Crippen molar-refractivity contribution in [1.82, 2.24) is 4.98 Å². The Hall–Kier alpha value is -2.06. The van der Waals surface area contributed by atoms with E-state index in [0.717, 1.165) is 16.7 Å². The fourth-order valence-electron chi connectivity index (χ4n) is 2.16. The van der Waals surface area contributed by atoms with Crippen LogP contribution in [0.4, 0.5) is 0 Å². The molecule has 0 fully saturated rings. The summed E-state index contributed by atoms with van der Waals surface area (Å²) in [7, 11) is 0. The van der Waals surface area contributed by atoms with Crippen LogP contribution in [-0.2, 0) is 0 Å². The minimum absolute atomic E-state index is 0.585. The zero-order chi connectivity index (χ0) is 14.1. The third-order valence-electron chi connectivity index (χ3n) is 3.20. The molecular weight excluding hydrogens is 270 g/mol. The summed E-state index contributed by atoms with van der Waals surface area (Å²) in [6, 6.07) is 11.8. The van der Waals surface area contributed by atoms with Crippen LogP contribution in [0.5, 0.6) is 0 Å². The standard InChI is InChI=1S/C17H14ClNO/c1-11-3-4-13(12(2)9-11)5-8-17-19-15-10-14(18)6-7-16(15)20-17/h3-10H,1-2H3/b8-5+. The summed E-state index contributed by atoms with van der Waals surface area (Å²) in [6.07, 6.45) is 3.90. The number of oxazole rings is 1. The maximum Gasteiger partial charge on any atom is 0.220 e. The first-order valence-electron chi connectivity index (χ1n) is 6.43. The number of aryl methyl sites for hydroxylation is 2. The maximum atomic E-state index is 5.94. The minimum Gasteiger partial charge on any atom is -0.437 e. The number of benzene rings is 2. The molecule has 0 unspecified atom stereocenters. The topological polar surface area (TPSA) is 26.0 Å². The zero-order valence-electron chi connectivity index (χ0n) is 11.4. The average molecular weight is 284 g/mol. The molecule has 0 bridgehead atoms. The van der Waals surface area contributed by atoms with E-state index in [2.05, 4.69) is 37.0 Å². The van der Waals surface area contributed by atoms with E-state index in [4.69, 9.17) is 16.0 Å². The molecule has 0 N–H and O–H groups in total. The Morgan fingerprint density at radius 1 is 1.05 bits per heavy atom. The molecule has 1 heterocycles. The fraction of sp³-hybridized carbons (Fsp3) is 0.118. The van der Waals surface area contributed by atoms with Crippen LogP contribution in [0.15, 0.2) is 40.8 Å². The Labute approximate surface area is 122 Å². The molecule has 0 spiro atoms. The van der Waals surface area contributed by atoms with Crippen molar-refractivity contribution in [2.75, 3.05) is 0 Å². The van der Waals surface area contributed by atoms with E-state index in [0.29, 0.717) is 10.9 Å². The Morgan fingerprint density at radius 2 is 1.90 bits per heavy atom. The zero-order valence-corrected chi connectivity index (χ0v) is 12.1.